The fourth-order valence-corrected chi connectivity index (χ4v) is 3.96. The first kappa shape index (κ1) is 13.3. The van der Waals surface area contributed by atoms with Crippen LogP contribution in [0.3, 0.4) is 0 Å². The first-order valence-corrected chi connectivity index (χ1v) is 8.74. The summed E-state index contributed by atoms with van der Waals surface area (Å²) in [6.07, 6.45) is 1.24. The molecule has 8 heteroatoms. The van der Waals surface area contributed by atoms with Crippen LogP contribution in [0.2, 0.25) is 0 Å². The molecule has 0 N–H and O–H groups in total. The van der Waals surface area contributed by atoms with Gasteiger partial charge in [0.05, 0.1) is 16.4 Å². The maximum Gasteiger partial charge on any atom is 0.276 e. The van der Waals surface area contributed by atoms with E-state index in [9.17, 15) is 13.2 Å². The van der Waals surface area contributed by atoms with Crippen LogP contribution in [0.5, 0.6) is 0 Å². The van der Waals surface area contributed by atoms with E-state index >= 15 is 0 Å². The molecule has 2 aromatic heterocycles. The minimum atomic E-state index is -3.01. The van der Waals surface area contributed by atoms with E-state index < -0.39 is 9.84 Å². The molecule has 106 valence electrons. The van der Waals surface area contributed by atoms with Gasteiger partial charge in [0.15, 0.2) is 27.7 Å². The zero-order valence-electron chi connectivity index (χ0n) is 10.5. The smallest absolute Gasteiger partial charge is 0.276 e. The summed E-state index contributed by atoms with van der Waals surface area (Å²) in [5.41, 5.74) is 0.242. The Morgan fingerprint density at radius 1 is 1.35 bits per heavy atom. The van der Waals surface area contributed by atoms with Crippen molar-refractivity contribution in [1.29, 1.82) is 0 Å². The molecule has 3 rings (SSSR count). The molecular weight excluding hydrogens is 300 g/mol. The Morgan fingerprint density at radius 3 is 2.75 bits per heavy atom. The van der Waals surface area contributed by atoms with Crippen LogP contribution in [0.1, 0.15) is 10.5 Å². The molecule has 6 nitrogen and oxygen atoms in total. The highest BCUT2D eigenvalue weighted by molar-refractivity contribution is 7.91. The lowest BCUT2D eigenvalue weighted by molar-refractivity contribution is 0.0765. The minimum absolute atomic E-state index is 0.00489. The predicted molar refractivity (Wildman–Crippen MR) is 74.4 cm³/mol. The first-order valence-electron chi connectivity index (χ1n) is 6.04. The zero-order chi connectivity index (χ0) is 14.2. The van der Waals surface area contributed by atoms with Gasteiger partial charge in [-0.3, -0.25) is 4.79 Å². The Bertz CT molecular complexity index is 704. The second-order valence-electron chi connectivity index (χ2n) is 4.45. The van der Waals surface area contributed by atoms with Gasteiger partial charge in [-0.05, 0) is 11.4 Å². The predicted octanol–water partition coefficient (Wildman–Crippen LogP) is 1.27. The number of nitrogens with zero attached hydrogens (tertiary/aromatic N) is 2. The average molecular weight is 312 g/mol. The molecule has 0 saturated carbocycles. The van der Waals surface area contributed by atoms with Crippen LogP contribution >= 0.6 is 11.3 Å². The summed E-state index contributed by atoms with van der Waals surface area (Å²) < 4.78 is 28.1. The molecule has 2 aromatic rings. The summed E-state index contributed by atoms with van der Waals surface area (Å²) in [7, 11) is -3.01. The molecule has 1 aliphatic heterocycles. The highest BCUT2D eigenvalue weighted by Gasteiger charge is 2.29. The lowest BCUT2D eigenvalue weighted by atomic mass is 10.2. The van der Waals surface area contributed by atoms with Crippen molar-refractivity contribution in [2.45, 2.75) is 0 Å². The Labute approximate surface area is 120 Å². The largest absolute Gasteiger partial charge is 0.442 e. The number of rotatable bonds is 2. The molecule has 0 unspecified atom stereocenters. The van der Waals surface area contributed by atoms with Crippen molar-refractivity contribution in [2.75, 3.05) is 24.6 Å². The number of carbonyl (C=O) groups is 1. The van der Waals surface area contributed by atoms with Crippen molar-refractivity contribution in [2.24, 2.45) is 0 Å². The van der Waals surface area contributed by atoms with Gasteiger partial charge in [0.25, 0.3) is 5.91 Å². The van der Waals surface area contributed by atoms with E-state index in [0.717, 1.165) is 4.88 Å². The van der Waals surface area contributed by atoms with E-state index in [4.69, 9.17) is 4.42 Å². The number of amides is 1. The summed E-state index contributed by atoms with van der Waals surface area (Å²) in [4.78, 5) is 18.7. The number of sulfone groups is 1. The third-order valence-electron chi connectivity index (χ3n) is 3.15. The van der Waals surface area contributed by atoms with Gasteiger partial charge in [-0.15, -0.1) is 11.3 Å². The summed E-state index contributed by atoms with van der Waals surface area (Å²) in [6, 6.07) is 3.72. The van der Waals surface area contributed by atoms with Crippen LogP contribution < -0.4 is 0 Å². The molecule has 1 amide bonds. The quantitative estimate of drug-likeness (QED) is 0.834. The van der Waals surface area contributed by atoms with Gasteiger partial charge in [-0.25, -0.2) is 13.4 Å². The maximum atomic E-state index is 12.4. The summed E-state index contributed by atoms with van der Waals surface area (Å²) in [6.45, 7) is 0.413. The van der Waals surface area contributed by atoms with Crippen molar-refractivity contribution < 1.29 is 17.6 Å². The normalized spacial score (nSPS) is 18.1. The topological polar surface area (TPSA) is 80.5 Å². The molecule has 3 heterocycles. The number of thiophene rings is 1. The molecule has 0 atom stereocenters. The molecule has 0 aliphatic carbocycles. The molecule has 0 aromatic carbocycles. The van der Waals surface area contributed by atoms with Crippen LogP contribution in [0.15, 0.2) is 28.3 Å². The molecule has 1 fully saturated rings. The van der Waals surface area contributed by atoms with Crippen molar-refractivity contribution in [3.63, 3.8) is 0 Å². The molecule has 1 saturated heterocycles. The maximum absolute atomic E-state index is 12.4. The van der Waals surface area contributed by atoms with E-state index in [0.29, 0.717) is 5.76 Å². The molecular formula is C12H12N2O4S2. The van der Waals surface area contributed by atoms with Crippen LogP contribution in [0.25, 0.3) is 10.6 Å². The average Bonchev–Trinajstić information content (AvgIpc) is 3.08. The SMILES string of the molecule is O=C(c1ncoc1-c1cccs1)N1CCS(=O)(=O)CC1. The van der Waals surface area contributed by atoms with Crippen molar-refractivity contribution >= 4 is 27.1 Å². The third-order valence-corrected chi connectivity index (χ3v) is 5.62. The third kappa shape index (κ3) is 2.48. The van der Waals surface area contributed by atoms with Crippen LogP contribution in [-0.4, -0.2) is 48.8 Å². The van der Waals surface area contributed by atoms with Crippen molar-refractivity contribution in [3.8, 4) is 10.6 Å². The first-order chi connectivity index (χ1) is 9.57. The van der Waals surface area contributed by atoms with E-state index in [1.165, 1.54) is 22.6 Å². The van der Waals surface area contributed by atoms with Crippen LogP contribution in [-0.2, 0) is 9.84 Å². The molecule has 0 bridgehead atoms. The Balaban J connectivity index is 1.84. The van der Waals surface area contributed by atoms with Gasteiger partial charge in [0.1, 0.15) is 0 Å². The van der Waals surface area contributed by atoms with Crippen LogP contribution in [0, 0.1) is 0 Å². The number of carbonyl (C=O) groups excluding carboxylic acids is 1. The van der Waals surface area contributed by atoms with E-state index in [1.807, 2.05) is 17.5 Å². The molecule has 20 heavy (non-hydrogen) atoms. The minimum Gasteiger partial charge on any atom is -0.442 e. The lowest BCUT2D eigenvalue weighted by Crippen LogP contribution is -2.44. The van der Waals surface area contributed by atoms with Gasteiger partial charge >= 0.3 is 0 Å². The molecule has 1 aliphatic rings. The van der Waals surface area contributed by atoms with E-state index in [1.54, 1.807) is 0 Å². The summed E-state index contributed by atoms with van der Waals surface area (Å²) >= 11 is 1.46. The molecule has 0 spiro atoms. The standard InChI is InChI=1S/C12H12N2O4S2/c15-12(14-3-6-20(16,17)7-4-14)10-11(18-8-13-10)9-2-1-5-19-9/h1-2,5,8H,3-4,6-7H2. The van der Waals surface area contributed by atoms with Crippen molar-refractivity contribution in [1.82, 2.24) is 9.88 Å². The van der Waals surface area contributed by atoms with Crippen molar-refractivity contribution in [3.05, 3.63) is 29.6 Å². The van der Waals surface area contributed by atoms with Crippen LogP contribution in [0.4, 0.5) is 0 Å². The fourth-order valence-electron chi connectivity index (χ4n) is 2.05. The Morgan fingerprint density at radius 2 is 2.10 bits per heavy atom. The second-order valence-corrected chi connectivity index (χ2v) is 7.70. The highest BCUT2D eigenvalue weighted by Crippen LogP contribution is 2.28. The number of hydrogen-bond acceptors (Lipinski definition) is 6. The Hall–Kier alpha value is -1.67. The lowest BCUT2D eigenvalue weighted by Gasteiger charge is -2.26. The number of hydrogen-bond donors (Lipinski definition) is 0. The van der Waals surface area contributed by atoms with E-state index in [-0.39, 0.29) is 36.2 Å². The number of aromatic nitrogens is 1. The number of oxazole rings is 1. The van der Waals surface area contributed by atoms with Gasteiger partial charge in [0.2, 0.25) is 0 Å². The van der Waals surface area contributed by atoms with Gasteiger partial charge in [-0.2, -0.15) is 0 Å². The summed E-state index contributed by atoms with van der Waals surface area (Å²) in [5.74, 6) is 0.172. The van der Waals surface area contributed by atoms with Gasteiger partial charge < -0.3 is 9.32 Å². The van der Waals surface area contributed by atoms with E-state index in [2.05, 4.69) is 4.98 Å². The Kier molecular flexibility index (Phi) is 3.35. The monoisotopic (exact) mass is 312 g/mol. The zero-order valence-corrected chi connectivity index (χ0v) is 12.1. The van der Waals surface area contributed by atoms with Gasteiger partial charge in [-0.1, -0.05) is 6.07 Å². The highest BCUT2D eigenvalue weighted by atomic mass is 32.2. The fraction of sp³-hybridized carbons (Fsp3) is 0.333. The molecule has 0 radical (unpaired) electrons. The second kappa shape index (κ2) is 5.02. The summed E-state index contributed by atoms with van der Waals surface area (Å²) in [5, 5.41) is 1.89. The van der Waals surface area contributed by atoms with Gasteiger partial charge in [0, 0.05) is 13.1 Å².